The van der Waals surface area contributed by atoms with Gasteiger partial charge in [-0.1, -0.05) is 11.6 Å². The highest BCUT2D eigenvalue weighted by atomic mass is 35.5. The molecule has 0 fully saturated rings. The molecule has 0 saturated heterocycles. The van der Waals surface area contributed by atoms with Crippen LogP contribution >= 0.6 is 11.6 Å². The highest BCUT2D eigenvalue weighted by Crippen LogP contribution is 2.23. The summed E-state index contributed by atoms with van der Waals surface area (Å²) in [6.07, 6.45) is 0. The molecular formula is C13H16ClNO3. The molecule has 1 aromatic rings. The van der Waals surface area contributed by atoms with E-state index in [0.717, 1.165) is 0 Å². The van der Waals surface area contributed by atoms with Crippen molar-refractivity contribution >= 4 is 23.3 Å². The molecule has 0 aliphatic carbocycles. The summed E-state index contributed by atoms with van der Waals surface area (Å²) in [5.74, 6) is -1.01. The quantitative estimate of drug-likeness (QED) is 0.677. The summed E-state index contributed by atoms with van der Waals surface area (Å²) in [7, 11) is 1.43. The lowest BCUT2D eigenvalue weighted by molar-refractivity contribution is -0.118. The van der Waals surface area contributed by atoms with Gasteiger partial charge in [-0.05, 0) is 39.0 Å². The number of carbonyl (C=O) groups is 2. The van der Waals surface area contributed by atoms with Crippen molar-refractivity contribution in [1.82, 2.24) is 5.32 Å². The summed E-state index contributed by atoms with van der Waals surface area (Å²) in [4.78, 5) is 23.8. The van der Waals surface area contributed by atoms with Crippen LogP contribution in [0.25, 0.3) is 0 Å². The molecule has 1 amide bonds. The number of ether oxygens (including phenoxy) is 1. The monoisotopic (exact) mass is 269 g/mol. The molecular weight excluding hydrogens is 254 g/mol. The number of Topliss-reactive ketones (excluding diaryl/α,β-unsaturated/α-hetero) is 1. The Balaban J connectivity index is 3.03. The third kappa shape index (κ3) is 3.74. The Bertz CT molecular complexity index is 478. The Morgan fingerprint density at radius 2 is 1.89 bits per heavy atom. The van der Waals surface area contributed by atoms with Gasteiger partial charge in [0.1, 0.15) is 5.75 Å². The summed E-state index contributed by atoms with van der Waals surface area (Å²) in [6, 6.07) is 4.57. The van der Waals surface area contributed by atoms with Crippen LogP contribution in [0.15, 0.2) is 18.2 Å². The van der Waals surface area contributed by atoms with Crippen molar-refractivity contribution in [2.45, 2.75) is 26.3 Å². The second-order valence-electron chi connectivity index (χ2n) is 4.88. The molecule has 0 heterocycles. The number of hydrogen-bond donors (Lipinski definition) is 1. The molecule has 0 radical (unpaired) electrons. The largest absolute Gasteiger partial charge is 0.496 e. The molecule has 98 valence electrons. The zero-order valence-corrected chi connectivity index (χ0v) is 11.6. The van der Waals surface area contributed by atoms with Gasteiger partial charge in [0.2, 0.25) is 0 Å². The summed E-state index contributed by atoms with van der Waals surface area (Å²) in [5, 5.41) is 2.98. The van der Waals surface area contributed by atoms with E-state index in [1.165, 1.54) is 13.2 Å². The first-order valence-electron chi connectivity index (χ1n) is 5.45. The third-order valence-corrected chi connectivity index (χ3v) is 2.34. The highest BCUT2D eigenvalue weighted by molar-refractivity contribution is 6.44. The fourth-order valence-corrected chi connectivity index (χ4v) is 1.55. The van der Waals surface area contributed by atoms with E-state index < -0.39 is 17.2 Å². The lowest BCUT2D eigenvalue weighted by Crippen LogP contribution is -2.44. The van der Waals surface area contributed by atoms with Crippen LogP contribution < -0.4 is 10.1 Å². The van der Waals surface area contributed by atoms with Gasteiger partial charge in [-0.2, -0.15) is 0 Å². The van der Waals surface area contributed by atoms with Gasteiger partial charge in [0.15, 0.2) is 0 Å². The van der Waals surface area contributed by atoms with Crippen molar-refractivity contribution < 1.29 is 14.3 Å². The highest BCUT2D eigenvalue weighted by Gasteiger charge is 2.24. The Morgan fingerprint density at radius 1 is 1.28 bits per heavy atom. The SMILES string of the molecule is COc1ccc(Cl)cc1C(=O)C(=O)NC(C)(C)C. The molecule has 0 spiro atoms. The van der Waals surface area contributed by atoms with E-state index in [2.05, 4.69) is 5.32 Å². The average molecular weight is 270 g/mol. The van der Waals surface area contributed by atoms with Crippen LogP contribution in [0.3, 0.4) is 0 Å². The van der Waals surface area contributed by atoms with Crippen molar-refractivity contribution in [3.63, 3.8) is 0 Å². The Hall–Kier alpha value is -1.55. The second kappa shape index (κ2) is 5.40. The lowest BCUT2D eigenvalue weighted by atomic mass is 10.1. The molecule has 0 aliphatic heterocycles. The number of nitrogens with one attached hydrogen (secondary N) is 1. The van der Waals surface area contributed by atoms with Gasteiger partial charge in [0.05, 0.1) is 12.7 Å². The van der Waals surface area contributed by atoms with Gasteiger partial charge >= 0.3 is 0 Å². The average Bonchev–Trinajstić information content (AvgIpc) is 2.25. The number of carbonyl (C=O) groups excluding carboxylic acids is 2. The Morgan fingerprint density at radius 3 is 2.39 bits per heavy atom. The number of halogens is 1. The van der Waals surface area contributed by atoms with Crippen LogP contribution in [-0.4, -0.2) is 24.3 Å². The predicted octanol–water partition coefficient (Wildman–Crippen LogP) is 2.45. The number of methoxy groups -OCH3 is 1. The molecule has 5 heteroatoms. The minimum absolute atomic E-state index is 0.159. The molecule has 1 rings (SSSR count). The van der Waals surface area contributed by atoms with E-state index in [0.29, 0.717) is 10.8 Å². The molecule has 0 unspecified atom stereocenters. The van der Waals surface area contributed by atoms with Crippen molar-refractivity contribution in [3.05, 3.63) is 28.8 Å². The molecule has 1 aromatic carbocycles. The van der Waals surface area contributed by atoms with E-state index in [1.807, 2.05) is 0 Å². The zero-order valence-electron chi connectivity index (χ0n) is 10.8. The normalized spacial score (nSPS) is 10.9. The molecule has 0 bridgehead atoms. The zero-order chi connectivity index (χ0) is 13.9. The van der Waals surface area contributed by atoms with Gasteiger partial charge in [-0.3, -0.25) is 9.59 Å². The van der Waals surface area contributed by atoms with Crippen LogP contribution in [0.5, 0.6) is 5.75 Å². The van der Waals surface area contributed by atoms with Gasteiger partial charge in [-0.25, -0.2) is 0 Å². The molecule has 18 heavy (non-hydrogen) atoms. The lowest BCUT2D eigenvalue weighted by Gasteiger charge is -2.20. The first-order chi connectivity index (χ1) is 8.24. The number of rotatable bonds is 3. The van der Waals surface area contributed by atoms with Gasteiger partial charge < -0.3 is 10.1 Å². The van der Waals surface area contributed by atoms with Crippen LogP contribution in [0.4, 0.5) is 0 Å². The Labute approximate surface area is 111 Å². The molecule has 4 nitrogen and oxygen atoms in total. The first-order valence-corrected chi connectivity index (χ1v) is 5.83. The maximum absolute atomic E-state index is 12.0. The first kappa shape index (κ1) is 14.5. The van der Waals surface area contributed by atoms with Crippen LogP contribution in [-0.2, 0) is 4.79 Å². The number of ketones is 1. The summed E-state index contributed by atoms with van der Waals surface area (Å²) in [5.41, 5.74) is -0.315. The number of amides is 1. The van der Waals surface area contributed by atoms with E-state index in [9.17, 15) is 9.59 Å². The summed E-state index contributed by atoms with van der Waals surface area (Å²) in [6.45, 7) is 5.40. The number of hydrogen-bond acceptors (Lipinski definition) is 3. The van der Waals surface area contributed by atoms with Gasteiger partial charge in [0, 0.05) is 10.6 Å². The van der Waals surface area contributed by atoms with E-state index in [-0.39, 0.29) is 5.56 Å². The molecule has 1 N–H and O–H groups in total. The van der Waals surface area contributed by atoms with Crippen LogP contribution in [0.1, 0.15) is 31.1 Å². The van der Waals surface area contributed by atoms with Crippen molar-refractivity contribution in [2.75, 3.05) is 7.11 Å². The molecule has 0 aromatic heterocycles. The van der Waals surface area contributed by atoms with Gasteiger partial charge in [-0.15, -0.1) is 0 Å². The van der Waals surface area contributed by atoms with Crippen molar-refractivity contribution in [3.8, 4) is 5.75 Å². The summed E-state index contributed by atoms with van der Waals surface area (Å²) < 4.78 is 5.04. The molecule has 0 aliphatic rings. The van der Waals surface area contributed by atoms with Crippen molar-refractivity contribution in [1.29, 1.82) is 0 Å². The van der Waals surface area contributed by atoms with E-state index >= 15 is 0 Å². The van der Waals surface area contributed by atoms with Gasteiger partial charge in [0.25, 0.3) is 11.7 Å². The number of benzene rings is 1. The predicted molar refractivity (Wildman–Crippen MR) is 70.2 cm³/mol. The molecule has 0 atom stereocenters. The fraction of sp³-hybridized carbons (Fsp3) is 0.385. The second-order valence-corrected chi connectivity index (χ2v) is 5.31. The van der Waals surface area contributed by atoms with Crippen LogP contribution in [0, 0.1) is 0 Å². The Kier molecular flexibility index (Phi) is 4.35. The van der Waals surface area contributed by atoms with E-state index in [4.69, 9.17) is 16.3 Å². The minimum Gasteiger partial charge on any atom is -0.496 e. The fourth-order valence-electron chi connectivity index (χ4n) is 1.38. The third-order valence-electron chi connectivity index (χ3n) is 2.10. The maximum Gasteiger partial charge on any atom is 0.292 e. The smallest absolute Gasteiger partial charge is 0.292 e. The molecule has 0 saturated carbocycles. The minimum atomic E-state index is -0.678. The maximum atomic E-state index is 12.0. The van der Waals surface area contributed by atoms with E-state index in [1.54, 1.807) is 32.9 Å². The topological polar surface area (TPSA) is 55.4 Å². The van der Waals surface area contributed by atoms with Crippen molar-refractivity contribution in [2.24, 2.45) is 0 Å². The standard InChI is InChI=1S/C13H16ClNO3/c1-13(2,3)15-12(17)11(16)9-7-8(14)5-6-10(9)18-4/h5-7H,1-4H3,(H,15,17). The summed E-state index contributed by atoms with van der Waals surface area (Å²) >= 11 is 5.82. The van der Waals surface area contributed by atoms with Crippen LogP contribution in [0.2, 0.25) is 5.02 Å².